The van der Waals surface area contributed by atoms with E-state index in [1.807, 2.05) is 12.2 Å². The maximum atomic E-state index is 5.06. The van der Waals surface area contributed by atoms with Crippen LogP contribution in [0.5, 0.6) is 0 Å². The molecule has 0 aliphatic rings. The van der Waals surface area contributed by atoms with Crippen molar-refractivity contribution in [1.29, 1.82) is 0 Å². The molecule has 1 atom stereocenters. The van der Waals surface area contributed by atoms with E-state index in [1.165, 1.54) is 0 Å². The van der Waals surface area contributed by atoms with Gasteiger partial charge < -0.3 is 15.4 Å². The van der Waals surface area contributed by atoms with Crippen LogP contribution in [0.2, 0.25) is 0 Å². The van der Waals surface area contributed by atoms with E-state index in [-0.39, 0.29) is 24.0 Å². The highest BCUT2D eigenvalue weighted by atomic mass is 127. The second-order valence-electron chi connectivity index (χ2n) is 5.48. The van der Waals surface area contributed by atoms with Crippen molar-refractivity contribution in [3.8, 4) is 0 Å². The summed E-state index contributed by atoms with van der Waals surface area (Å²) in [6.45, 7) is 18.9. The molecule has 0 aliphatic carbocycles. The number of methoxy groups -OCH3 is 1. The second kappa shape index (κ2) is 16.3. The van der Waals surface area contributed by atoms with Crippen LogP contribution >= 0.6 is 24.0 Å². The van der Waals surface area contributed by atoms with Crippen LogP contribution in [0.15, 0.2) is 30.3 Å². The molecule has 0 heterocycles. The number of hydrogen-bond donors (Lipinski definition) is 2. The lowest BCUT2D eigenvalue weighted by atomic mass is 10.0. The van der Waals surface area contributed by atoms with E-state index in [1.54, 1.807) is 7.11 Å². The third-order valence-electron chi connectivity index (χ3n) is 3.35. The Hall–Kier alpha value is -0.600. The van der Waals surface area contributed by atoms with Gasteiger partial charge in [0.15, 0.2) is 5.96 Å². The van der Waals surface area contributed by atoms with Crippen LogP contribution in [0.4, 0.5) is 0 Å². The summed E-state index contributed by atoms with van der Waals surface area (Å²) in [6.07, 6.45) is 3.87. The number of nitrogens with zero attached hydrogens (tertiary/aromatic N) is 2. The van der Waals surface area contributed by atoms with Gasteiger partial charge in [0.1, 0.15) is 0 Å². The van der Waals surface area contributed by atoms with Crippen LogP contribution in [0, 0.1) is 5.92 Å². The fraction of sp³-hybridized carbons (Fsp3) is 0.706. The minimum Gasteiger partial charge on any atom is -0.383 e. The van der Waals surface area contributed by atoms with Gasteiger partial charge in [0, 0.05) is 39.3 Å². The van der Waals surface area contributed by atoms with Crippen LogP contribution in [0.1, 0.15) is 20.8 Å². The highest BCUT2D eigenvalue weighted by Gasteiger charge is 2.19. The van der Waals surface area contributed by atoms with Gasteiger partial charge in [-0.1, -0.05) is 26.0 Å². The summed E-state index contributed by atoms with van der Waals surface area (Å²) in [4.78, 5) is 7.07. The zero-order chi connectivity index (χ0) is 16.8. The number of nitrogens with one attached hydrogen (secondary N) is 2. The number of rotatable bonds is 12. The predicted octanol–water partition coefficient (Wildman–Crippen LogP) is 2.50. The molecule has 0 bridgehead atoms. The van der Waals surface area contributed by atoms with Gasteiger partial charge in [-0.15, -0.1) is 37.1 Å². The number of hydrogen-bond acceptors (Lipinski definition) is 3. The molecule has 0 amide bonds. The largest absolute Gasteiger partial charge is 0.383 e. The number of halogens is 1. The van der Waals surface area contributed by atoms with E-state index in [0.717, 1.165) is 38.7 Å². The Morgan fingerprint density at radius 1 is 1.22 bits per heavy atom. The van der Waals surface area contributed by atoms with Gasteiger partial charge in [-0.2, -0.15) is 0 Å². The van der Waals surface area contributed by atoms with Crippen LogP contribution < -0.4 is 10.6 Å². The molecule has 0 spiro atoms. The SMILES string of the molecule is C=CCN(CC=C)C(CN=C(NCC)NCCOC)C(C)C.I. The summed E-state index contributed by atoms with van der Waals surface area (Å²) in [5, 5.41) is 6.54. The Morgan fingerprint density at radius 2 is 1.83 bits per heavy atom. The molecular weight excluding hydrogens is 403 g/mol. The quantitative estimate of drug-likeness (QED) is 0.162. The molecule has 5 nitrogen and oxygen atoms in total. The van der Waals surface area contributed by atoms with Crippen molar-refractivity contribution in [1.82, 2.24) is 15.5 Å². The fourth-order valence-electron chi connectivity index (χ4n) is 2.22. The normalized spacial score (nSPS) is 12.7. The zero-order valence-electron chi connectivity index (χ0n) is 15.2. The van der Waals surface area contributed by atoms with Gasteiger partial charge in [-0.05, 0) is 12.8 Å². The van der Waals surface area contributed by atoms with Crippen molar-refractivity contribution in [3.05, 3.63) is 25.3 Å². The first-order valence-corrected chi connectivity index (χ1v) is 8.07. The lowest BCUT2D eigenvalue weighted by Crippen LogP contribution is -2.44. The minimum atomic E-state index is 0. The Bertz CT molecular complexity index is 325. The molecule has 0 radical (unpaired) electrons. The molecule has 0 saturated heterocycles. The summed E-state index contributed by atoms with van der Waals surface area (Å²) in [5.41, 5.74) is 0. The molecule has 0 rings (SSSR count). The molecule has 0 aromatic rings. The van der Waals surface area contributed by atoms with Crippen molar-refractivity contribution in [2.24, 2.45) is 10.9 Å². The lowest BCUT2D eigenvalue weighted by Gasteiger charge is -2.32. The van der Waals surface area contributed by atoms with Gasteiger partial charge >= 0.3 is 0 Å². The van der Waals surface area contributed by atoms with E-state index < -0.39 is 0 Å². The van der Waals surface area contributed by atoms with E-state index in [0.29, 0.717) is 18.6 Å². The predicted molar refractivity (Wildman–Crippen MR) is 112 cm³/mol. The Balaban J connectivity index is 0. The average molecular weight is 438 g/mol. The van der Waals surface area contributed by atoms with Crippen LogP contribution in [-0.4, -0.2) is 63.3 Å². The Labute approximate surface area is 159 Å². The first-order valence-electron chi connectivity index (χ1n) is 8.07. The maximum absolute atomic E-state index is 5.06. The molecule has 1 unspecified atom stereocenters. The molecule has 136 valence electrons. The monoisotopic (exact) mass is 438 g/mol. The molecule has 0 aromatic heterocycles. The summed E-state index contributed by atoms with van der Waals surface area (Å²) in [7, 11) is 1.70. The smallest absolute Gasteiger partial charge is 0.191 e. The van der Waals surface area contributed by atoms with E-state index in [2.05, 4.69) is 49.5 Å². The summed E-state index contributed by atoms with van der Waals surface area (Å²) in [5.74, 6) is 1.34. The molecule has 2 N–H and O–H groups in total. The number of ether oxygens (including phenoxy) is 1. The summed E-state index contributed by atoms with van der Waals surface area (Å²) < 4.78 is 5.06. The molecule has 6 heteroatoms. The lowest BCUT2D eigenvalue weighted by molar-refractivity contribution is 0.195. The minimum absolute atomic E-state index is 0. The number of guanidine groups is 1. The second-order valence-corrected chi connectivity index (χ2v) is 5.48. The van der Waals surface area contributed by atoms with Crippen molar-refractivity contribution < 1.29 is 4.74 Å². The highest BCUT2D eigenvalue weighted by molar-refractivity contribution is 14.0. The van der Waals surface area contributed by atoms with Gasteiger partial charge in [0.25, 0.3) is 0 Å². The third-order valence-corrected chi connectivity index (χ3v) is 3.35. The molecule has 0 saturated carbocycles. The third kappa shape index (κ3) is 11.6. The van der Waals surface area contributed by atoms with Gasteiger partial charge in [0.2, 0.25) is 0 Å². The molecule has 0 fully saturated rings. The van der Waals surface area contributed by atoms with Crippen molar-refractivity contribution in [3.63, 3.8) is 0 Å². The van der Waals surface area contributed by atoms with Crippen molar-refractivity contribution >= 4 is 29.9 Å². The summed E-state index contributed by atoms with van der Waals surface area (Å²) in [6, 6.07) is 0.355. The first kappa shape index (κ1) is 24.6. The van der Waals surface area contributed by atoms with Gasteiger partial charge in [0.05, 0.1) is 13.2 Å². The Kier molecular flexibility index (Phi) is 17.4. The topological polar surface area (TPSA) is 48.9 Å². The van der Waals surface area contributed by atoms with E-state index in [9.17, 15) is 0 Å². The van der Waals surface area contributed by atoms with E-state index in [4.69, 9.17) is 9.73 Å². The molecular formula is C17H35IN4O. The zero-order valence-corrected chi connectivity index (χ0v) is 17.5. The highest BCUT2D eigenvalue weighted by Crippen LogP contribution is 2.11. The van der Waals surface area contributed by atoms with Crippen molar-refractivity contribution in [2.75, 3.05) is 46.4 Å². The van der Waals surface area contributed by atoms with Crippen LogP contribution in [-0.2, 0) is 4.74 Å². The van der Waals surface area contributed by atoms with Crippen LogP contribution in [0.3, 0.4) is 0 Å². The molecule has 23 heavy (non-hydrogen) atoms. The van der Waals surface area contributed by atoms with Gasteiger partial charge in [-0.3, -0.25) is 9.89 Å². The average Bonchev–Trinajstić information content (AvgIpc) is 2.47. The van der Waals surface area contributed by atoms with Crippen molar-refractivity contribution in [2.45, 2.75) is 26.8 Å². The molecule has 0 aliphatic heterocycles. The van der Waals surface area contributed by atoms with E-state index >= 15 is 0 Å². The molecule has 0 aromatic carbocycles. The standard InChI is InChI=1S/C17H34N4O.HI/c1-7-11-21(12-8-2)16(15(4)5)14-20-17(18-9-3)19-10-13-22-6;/h7-8,15-16H,1-2,9-14H2,3-6H3,(H2,18,19,20);1H. The maximum Gasteiger partial charge on any atom is 0.191 e. The van der Waals surface area contributed by atoms with Gasteiger partial charge in [-0.25, -0.2) is 0 Å². The van der Waals surface area contributed by atoms with Crippen LogP contribution in [0.25, 0.3) is 0 Å². The Morgan fingerprint density at radius 3 is 2.26 bits per heavy atom. The fourth-order valence-corrected chi connectivity index (χ4v) is 2.22. The number of aliphatic imine (C=N–C) groups is 1. The first-order chi connectivity index (χ1) is 10.6. The summed E-state index contributed by atoms with van der Waals surface area (Å²) >= 11 is 0.